The molecule has 1 atom stereocenters. The highest BCUT2D eigenvalue weighted by atomic mass is 32.2. The first-order chi connectivity index (χ1) is 12.7. The summed E-state index contributed by atoms with van der Waals surface area (Å²) in [5.74, 6) is -1.36. The fourth-order valence-corrected chi connectivity index (χ4v) is 4.28. The number of aryl methyl sites for hydroxylation is 1. The van der Waals surface area contributed by atoms with Crippen LogP contribution in [0.15, 0.2) is 29.7 Å². The Kier molecular flexibility index (Phi) is 5.02. The summed E-state index contributed by atoms with van der Waals surface area (Å²) in [6, 6.07) is -0.681. The lowest BCUT2D eigenvalue weighted by molar-refractivity contribution is -0.135. The highest BCUT2D eigenvalue weighted by molar-refractivity contribution is 7.89. The SMILES string of the molecule is CC(C(=O)N1CCN(S(=O)(=O)c2cnn(C)c2)CC1)n1cc(C(=O)O)cn1. The van der Waals surface area contributed by atoms with Crippen LogP contribution in [0.2, 0.25) is 0 Å². The van der Waals surface area contributed by atoms with Gasteiger partial charge in [0.05, 0.1) is 18.0 Å². The molecule has 3 heterocycles. The van der Waals surface area contributed by atoms with Crippen LogP contribution in [0.3, 0.4) is 0 Å². The van der Waals surface area contributed by atoms with Crippen LogP contribution in [0, 0.1) is 0 Å². The molecule has 2 aromatic heterocycles. The summed E-state index contributed by atoms with van der Waals surface area (Å²) in [7, 11) is -2.00. The maximum atomic E-state index is 12.6. The lowest BCUT2D eigenvalue weighted by Crippen LogP contribution is -2.51. The molecule has 1 unspecified atom stereocenters. The highest BCUT2D eigenvalue weighted by Gasteiger charge is 2.32. The van der Waals surface area contributed by atoms with Crippen LogP contribution < -0.4 is 0 Å². The zero-order chi connectivity index (χ0) is 19.8. The van der Waals surface area contributed by atoms with Crippen LogP contribution in [-0.2, 0) is 21.9 Å². The molecule has 1 N–H and O–H groups in total. The third-order valence-electron chi connectivity index (χ3n) is 4.47. The van der Waals surface area contributed by atoms with Gasteiger partial charge in [-0.3, -0.25) is 14.2 Å². The van der Waals surface area contributed by atoms with E-state index in [1.54, 1.807) is 18.9 Å². The molecule has 11 nitrogen and oxygen atoms in total. The van der Waals surface area contributed by atoms with Gasteiger partial charge in [-0.05, 0) is 6.92 Å². The van der Waals surface area contributed by atoms with Gasteiger partial charge < -0.3 is 10.0 Å². The number of carbonyl (C=O) groups excluding carboxylic acids is 1. The number of amides is 1. The largest absolute Gasteiger partial charge is 0.478 e. The average molecular weight is 396 g/mol. The molecule has 1 saturated heterocycles. The first kappa shape index (κ1) is 19.0. The summed E-state index contributed by atoms with van der Waals surface area (Å²) < 4.78 is 29.2. The predicted octanol–water partition coefficient (Wildman–Crippen LogP) is -0.591. The Hall–Kier alpha value is -2.73. The van der Waals surface area contributed by atoms with Crippen LogP contribution >= 0.6 is 0 Å². The zero-order valence-electron chi connectivity index (χ0n) is 14.9. The van der Waals surface area contributed by atoms with Crippen molar-refractivity contribution in [2.45, 2.75) is 17.9 Å². The number of aromatic nitrogens is 4. The molecule has 1 aliphatic heterocycles. The quantitative estimate of drug-likeness (QED) is 0.715. The maximum Gasteiger partial charge on any atom is 0.338 e. The zero-order valence-corrected chi connectivity index (χ0v) is 15.7. The van der Waals surface area contributed by atoms with Gasteiger partial charge in [0.15, 0.2) is 0 Å². The van der Waals surface area contributed by atoms with Crippen molar-refractivity contribution in [2.24, 2.45) is 7.05 Å². The van der Waals surface area contributed by atoms with E-state index in [9.17, 15) is 18.0 Å². The van der Waals surface area contributed by atoms with Crippen molar-refractivity contribution in [3.8, 4) is 0 Å². The average Bonchev–Trinajstić information content (AvgIpc) is 3.30. The molecule has 12 heteroatoms. The van der Waals surface area contributed by atoms with E-state index in [0.29, 0.717) is 0 Å². The van der Waals surface area contributed by atoms with Crippen molar-refractivity contribution in [1.82, 2.24) is 28.8 Å². The monoisotopic (exact) mass is 396 g/mol. The van der Waals surface area contributed by atoms with Crippen molar-refractivity contribution in [2.75, 3.05) is 26.2 Å². The second-order valence-corrected chi connectivity index (χ2v) is 8.21. The molecular formula is C15H20N6O5S. The van der Waals surface area contributed by atoms with Gasteiger partial charge >= 0.3 is 5.97 Å². The van der Waals surface area contributed by atoms with E-state index in [-0.39, 0.29) is 42.5 Å². The van der Waals surface area contributed by atoms with Crippen LogP contribution in [0.5, 0.6) is 0 Å². The van der Waals surface area contributed by atoms with Crippen LogP contribution in [0.4, 0.5) is 0 Å². The summed E-state index contributed by atoms with van der Waals surface area (Å²) >= 11 is 0. The van der Waals surface area contributed by atoms with E-state index in [2.05, 4.69) is 10.2 Å². The molecule has 0 radical (unpaired) electrons. The molecule has 0 bridgehead atoms. The molecule has 27 heavy (non-hydrogen) atoms. The molecule has 2 aromatic rings. The minimum atomic E-state index is -3.64. The molecule has 1 aliphatic rings. The van der Waals surface area contributed by atoms with Crippen LogP contribution in [0.1, 0.15) is 23.3 Å². The van der Waals surface area contributed by atoms with Crippen molar-refractivity contribution < 1.29 is 23.1 Å². The number of hydrogen-bond acceptors (Lipinski definition) is 6. The molecule has 1 amide bonds. The topological polar surface area (TPSA) is 131 Å². The Morgan fingerprint density at radius 3 is 2.30 bits per heavy atom. The van der Waals surface area contributed by atoms with Crippen molar-refractivity contribution >= 4 is 21.9 Å². The van der Waals surface area contributed by atoms with Gasteiger partial charge in [-0.1, -0.05) is 0 Å². The van der Waals surface area contributed by atoms with Crippen molar-refractivity contribution in [3.63, 3.8) is 0 Å². The third kappa shape index (κ3) is 3.71. The van der Waals surface area contributed by atoms with Gasteiger partial charge in [0, 0.05) is 45.6 Å². The lowest BCUT2D eigenvalue weighted by atomic mass is 10.2. The van der Waals surface area contributed by atoms with E-state index in [1.165, 1.54) is 38.5 Å². The number of hydrogen-bond donors (Lipinski definition) is 1. The first-order valence-electron chi connectivity index (χ1n) is 8.25. The Labute approximate surface area is 155 Å². The fourth-order valence-electron chi connectivity index (χ4n) is 2.87. The summed E-state index contributed by atoms with van der Waals surface area (Å²) in [4.78, 5) is 25.3. The smallest absolute Gasteiger partial charge is 0.338 e. The number of carboxylic acid groups (broad SMARTS) is 1. The lowest BCUT2D eigenvalue weighted by Gasteiger charge is -2.35. The van der Waals surface area contributed by atoms with Gasteiger partial charge in [-0.25, -0.2) is 13.2 Å². The molecule has 3 rings (SSSR count). The van der Waals surface area contributed by atoms with Crippen molar-refractivity contribution in [1.29, 1.82) is 0 Å². The van der Waals surface area contributed by atoms with Crippen LogP contribution in [-0.4, -0.2) is 80.3 Å². The van der Waals surface area contributed by atoms with Crippen LogP contribution in [0.25, 0.3) is 0 Å². The second-order valence-electron chi connectivity index (χ2n) is 6.27. The van der Waals surface area contributed by atoms with Gasteiger partial charge in [0.25, 0.3) is 0 Å². The minimum Gasteiger partial charge on any atom is -0.478 e. The molecule has 0 aromatic carbocycles. The number of sulfonamides is 1. The summed E-state index contributed by atoms with van der Waals surface area (Å²) in [6.07, 6.45) is 5.22. The number of carboxylic acids is 1. The van der Waals surface area contributed by atoms with Crippen molar-refractivity contribution in [3.05, 3.63) is 30.4 Å². The Morgan fingerprint density at radius 1 is 1.11 bits per heavy atom. The highest BCUT2D eigenvalue weighted by Crippen LogP contribution is 2.18. The van der Waals surface area contributed by atoms with Gasteiger partial charge in [0.1, 0.15) is 10.9 Å². The van der Waals surface area contributed by atoms with Gasteiger partial charge in [-0.15, -0.1) is 0 Å². The molecule has 0 aliphatic carbocycles. The predicted molar refractivity (Wildman–Crippen MR) is 92.4 cm³/mol. The molecule has 146 valence electrons. The summed E-state index contributed by atoms with van der Waals surface area (Å²) in [5, 5.41) is 16.8. The maximum absolute atomic E-state index is 12.6. The van der Waals surface area contributed by atoms with E-state index < -0.39 is 22.0 Å². The normalized spacial score (nSPS) is 17.0. The first-order valence-corrected chi connectivity index (χ1v) is 9.69. The Morgan fingerprint density at radius 2 is 1.78 bits per heavy atom. The number of carbonyl (C=O) groups is 2. The fraction of sp³-hybridized carbons (Fsp3) is 0.467. The number of nitrogens with zero attached hydrogens (tertiary/aromatic N) is 6. The Balaban J connectivity index is 1.64. The standard InChI is InChI=1S/C15H20N6O5S/c1-11(21-9-12(7-17-21)15(23)24)14(22)19-3-5-20(6-4-19)27(25,26)13-8-16-18(2)10-13/h7-11H,3-6H2,1-2H3,(H,23,24). The van der Waals surface area contributed by atoms with Gasteiger partial charge in [0.2, 0.25) is 15.9 Å². The number of piperazine rings is 1. The number of rotatable bonds is 5. The van der Waals surface area contributed by atoms with E-state index in [4.69, 9.17) is 5.11 Å². The van der Waals surface area contributed by atoms with E-state index >= 15 is 0 Å². The summed E-state index contributed by atoms with van der Waals surface area (Å²) in [5.41, 5.74) is 0.00188. The van der Waals surface area contributed by atoms with E-state index in [1.807, 2.05) is 0 Å². The van der Waals surface area contributed by atoms with E-state index in [0.717, 1.165) is 0 Å². The molecule has 1 fully saturated rings. The minimum absolute atomic E-state index is 0.00188. The van der Waals surface area contributed by atoms with Gasteiger partial charge in [-0.2, -0.15) is 14.5 Å². The molecule has 0 spiro atoms. The third-order valence-corrected chi connectivity index (χ3v) is 6.32. The molecule has 0 saturated carbocycles. The molecular weight excluding hydrogens is 376 g/mol. The summed E-state index contributed by atoms with van der Waals surface area (Å²) in [6.45, 7) is 2.47. The Bertz CT molecular complexity index is 957. The second kappa shape index (κ2) is 7.12. The number of aromatic carboxylic acids is 1.